The summed E-state index contributed by atoms with van der Waals surface area (Å²) in [5, 5.41) is 8.50. The number of allylic oxidation sites excluding steroid dienone is 2. The molecule has 1 aromatic rings. The minimum atomic E-state index is 0.0535. The average molecular weight is 308 g/mol. The number of nitrogens with zero attached hydrogens (tertiary/aromatic N) is 1. The molecule has 1 amide bonds. The molecule has 3 aliphatic rings. The number of carbonyl (C=O) groups is 1. The van der Waals surface area contributed by atoms with Gasteiger partial charge in [0, 0.05) is 31.3 Å². The number of benzene rings is 1. The number of carbonyl (C=O) groups excluding carboxylic acids is 1. The average Bonchev–Trinajstić information content (AvgIpc) is 2.81. The van der Waals surface area contributed by atoms with Crippen LogP contribution in [-0.4, -0.2) is 30.0 Å². The topological polar surface area (TPSA) is 56.4 Å². The van der Waals surface area contributed by atoms with E-state index in [1.54, 1.807) is 0 Å². The maximum Gasteiger partial charge on any atom is 0.226 e. The molecule has 2 atom stereocenters. The van der Waals surface area contributed by atoms with Crippen LogP contribution in [0.25, 0.3) is 5.57 Å². The van der Waals surface area contributed by atoms with Crippen LogP contribution in [0.5, 0.6) is 0 Å². The van der Waals surface area contributed by atoms with Crippen LogP contribution in [-0.2, 0) is 4.79 Å². The van der Waals surface area contributed by atoms with E-state index in [2.05, 4.69) is 46.6 Å². The van der Waals surface area contributed by atoms with Gasteiger partial charge in [0.2, 0.25) is 5.91 Å². The molecule has 1 unspecified atom stereocenters. The molecule has 4 rings (SSSR count). The summed E-state index contributed by atoms with van der Waals surface area (Å²) in [6.07, 6.45) is 8.97. The number of hydrogen-bond acceptors (Lipinski definition) is 4. The molecule has 23 heavy (non-hydrogen) atoms. The van der Waals surface area contributed by atoms with Crippen LogP contribution in [0.2, 0.25) is 0 Å². The van der Waals surface area contributed by atoms with Crippen molar-refractivity contribution in [3.63, 3.8) is 0 Å². The van der Waals surface area contributed by atoms with Crippen molar-refractivity contribution in [1.29, 1.82) is 0 Å². The van der Waals surface area contributed by atoms with Crippen LogP contribution >= 0.6 is 0 Å². The molecule has 0 fully saturated rings. The van der Waals surface area contributed by atoms with Crippen LogP contribution in [0.3, 0.4) is 0 Å². The van der Waals surface area contributed by atoms with Crippen molar-refractivity contribution in [2.45, 2.75) is 25.4 Å². The smallest absolute Gasteiger partial charge is 0.226 e. The molecule has 3 N–H and O–H groups in total. The highest BCUT2D eigenvalue weighted by Crippen LogP contribution is 2.40. The van der Waals surface area contributed by atoms with Crippen LogP contribution in [0.4, 0.5) is 11.4 Å². The maximum atomic E-state index is 12.0. The van der Waals surface area contributed by atoms with Gasteiger partial charge in [0.15, 0.2) is 0 Å². The molecule has 0 saturated heterocycles. The first kappa shape index (κ1) is 14.1. The lowest BCUT2D eigenvalue weighted by molar-refractivity contribution is -0.116. The van der Waals surface area contributed by atoms with Crippen molar-refractivity contribution >= 4 is 22.9 Å². The second-order valence-corrected chi connectivity index (χ2v) is 6.29. The van der Waals surface area contributed by atoms with Gasteiger partial charge in [0.1, 0.15) is 0 Å². The Morgan fingerprint density at radius 2 is 2.17 bits per heavy atom. The van der Waals surface area contributed by atoms with Gasteiger partial charge in [0.05, 0.1) is 17.4 Å². The Morgan fingerprint density at radius 1 is 1.30 bits per heavy atom. The van der Waals surface area contributed by atoms with Crippen LogP contribution in [0.15, 0.2) is 48.2 Å². The highest BCUT2D eigenvalue weighted by molar-refractivity contribution is 6.01. The summed E-state index contributed by atoms with van der Waals surface area (Å²) in [6.45, 7) is 2.04. The van der Waals surface area contributed by atoms with Crippen molar-refractivity contribution in [3.8, 4) is 0 Å². The number of nitrogens with one attached hydrogen (secondary N) is 3. The third-order valence-corrected chi connectivity index (χ3v) is 4.40. The monoisotopic (exact) mass is 308 g/mol. The van der Waals surface area contributed by atoms with E-state index >= 15 is 0 Å². The van der Waals surface area contributed by atoms with Gasteiger partial charge >= 0.3 is 0 Å². The summed E-state index contributed by atoms with van der Waals surface area (Å²) in [5.41, 5.74) is 8.78. The van der Waals surface area contributed by atoms with Crippen molar-refractivity contribution in [1.82, 2.24) is 10.4 Å². The van der Waals surface area contributed by atoms with Gasteiger partial charge in [-0.2, -0.15) is 0 Å². The largest absolute Gasteiger partial charge is 0.380 e. The Kier molecular flexibility index (Phi) is 3.23. The molecule has 0 radical (unpaired) electrons. The molecule has 2 aliphatic heterocycles. The van der Waals surface area contributed by atoms with E-state index in [9.17, 15) is 4.79 Å². The van der Waals surface area contributed by atoms with Gasteiger partial charge in [-0.05, 0) is 24.1 Å². The van der Waals surface area contributed by atoms with E-state index in [1.807, 2.05) is 31.1 Å². The van der Waals surface area contributed by atoms with Gasteiger partial charge in [-0.25, -0.2) is 5.43 Å². The molecule has 1 aromatic carbocycles. The van der Waals surface area contributed by atoms with Crippen molar-refractivity contribution in [2.75, 3.05) is 17.7 Å². The van der Waals surface area contributed by atoms with E-state index in [0.717, 1.165) is 16.9 Å². The van der Waals surface area contributed by atoms with Gasteiger partial charge in [-0.1, -0.05) is 30.4 Å². The summed E-state index contributed by atoms with van der Waals surface area (Å²) in [4.78, 5) is 12.0. The lowest BCUT2D eigenvalue weighted by atomic mass is 9.89. The molecular formula is C18H20N4O. The highest BCUT2D eigenvalue weighted by Gasteiger charge is 2.28. The predicted molar refractivity (Wildman–Crippen MR) is 92.7 cm³/mol. The van der Waals surface area contributed by atoms with Crippen molar-refractivity contribution < 1.29 is 4.79 Å². The summed E-state index contributed by atoms with van der Waals surface area (Å²) in [5.74, 6) is 0.0535. The van der Waals surface area contributed by atoms with E-state index in [4.69, 9.17) is 0 Å². The van der Waals surface area contributed by atoms with Gasteiger partial charge < -0.3 is 15.6 Å². The number of anilines is 2. The first-order chi connectivity index (χ1) is 11.1. The normalized spacial score (nSPS) is 25.7. The predicted octanol–water partition coefficient (Wildman–Crippen LogP) is 2.48. The van der Waals surface area contributed by atoms with Gasteiger partial charge in [-0.3, -0.25) is 4.79 Å². The zero-order valence-corrected chi connectivity index (χ0v) is 13.3. The third-order valence-electron chi connectivity index (χ3n) is 4.40. The minimum absolute atomic E-state index is 0.0535. The Bertz CT molecular complexity index is 762. The minimum Gasteiger partial charge on any atom is -0.380 e. The second kappa shape index (κ2) is 5.28. The fourth-order valence-electron chi connectivity index (χ4n) is 3.42. The van der Waals surface area contributed by atoms with Crippen LogP contribution in [0, 0.1) is 0 Å². The van der Waals surface area contributed by atoms with Gasteiger partial charge in [-0.15, -0.1) is 0 Å². The second-order valence-electron chi connectivity index (χ2n) is 6.29. The van der Waals surface area contributed by atoms with E-state index in [1.165, 1.54) is 11.1 Å². The number of rotatable bonds is 1. The fourth-order valence-corrected chi connectivity index (χ4v) is 3.42. The zero-order chi connectivity index (χ0) is 16.0. The standard InChI is InChI=1S/C18H20N4O/c1-11-9-17(23)20-16-8-4-6-13(18(16)19-11)12-5-3-7-15-14(12)10-22(2)21-15/h3-8,10-11,15,19,21H,9H2,1-2H3,(H,20,23)/t11-,15?/m1/s1. The van der Waals surface area contributed by atoms with E-state index in [0.29, 0.717) is 6.42 Å². The summed E-state index contributed by atoms with van der Waals surface area (Å²) >= 11 is 0. The number of fused-ring (bicyclic) bond motifs is 2. The number of hydrazine groups is 1. The number of para-hydroxylation sites is 1. The lowest BCUT2D eigenvalue weighted by Gasteiger charge is -2.22. The first-order valence-electron chi connectivity index (χ1n) is 7.91. The van der Waals surface area contributed by atoms with E-state index in [-0.39, 0.29) is 18.0 Å². The quantitative estimate of drug-likeness (QED) is 0.746. The third kappa shape index (κ3) is 2.43. The molecule has 118 valence electrons. The molecular weight excluding hydrogens is 288 g/mol. The zero-order valence-electron chi connectivity index (χ0n) is 13.3. The summed E-state index contributed by atoms with van der Waals surface area (Å²) in [7, 11) is 2.00. The fraction of sp³-hybridized carbons (Fsp3) is 0.278. The number of hydrogen-bond donors (Lipinski definition) is 3. The Balaban J connectivity index is 1.83. The Morgan fingerprint density at radius 3 is 3.04 bits per heavy atom. The SMILES string of the molecule is C[C@@H]1CC(=O)Nc2cccc(C3=CC=CC4NN(C)C=C34)c2N1. The maximum absolute atomic E-state index is 12.0. The molecule has 0 saturated carbocycles. The Labute approximate surface area is 135 Å². The van der Waals surface area contributed by atoms with Crippen molar-refractivity contribution in [2.24, 2.45) is 0 Å². The molecule has 1 aliphatic carbocycles. The highest BCUT2D eigenvalue weighted by atomic mass is 16.1. The lowest BCUT2D eigenvalue weighted by Crippen LogP contribution is -2.32. The molecule has 0 spiro atoms. The molecule has 5 nitrogen and oxygen atoms in total. The summed E-state index contributed by atoms with van der Waals surface area (Å²) in [6, 6.07) is 6.36. The molecule has 5 heteroatoms. The van der Waals surface area contributed by atoms with Gasteiger partial charge in [0.25, 0.3) is 0 Å². The first-order valence-corrected chi connectivity index (χ1v) is 7.91. The van der Waals surface area contributed by atoms with Crippen LogP contribution < -0.4 is 16.1 Å². The molecule has 0 bridgehead atoms. The Hall–Kier alpha value is -2.53. The molecule has 2 heterocycles. The van der Waals surface area contributed by atoms with E-state index < -0.39 is 0 Å². The van der Waals surface area contributed by atoms with Crippen molar-refractivity contribution in [3.05, 3.63) is 53.8 Å². The molecule has 0 aromatic heterocycles. The number of amides is 1. The van der Waals surface area contributed by atoms with Crippen LogP contribution in [0.1, 0.15) is 18.9 Å². The summed E-state index contributed by atoms with van der Waals surface area (Å²) < 4.78 is 0.